The van der Waals surface area contributed by atoms with E-state index in [9.17, 15) is 8.42 Å². The summed E-state index contributed by atoms with van der Waals surface area (Å²) in [7, 11) is -3.21. The Bertz CT molecular complexity index is 634. The largest absolute Gasteiger partial charge is 0.284 e. The second-order valence-corrected chi connectivity index (χ2v) is 6.38. The van der Waals surface area contributed by atoms with Gasteiger partial charge in [-0.15, -0.1) is 0 Å². The molecule has 3 nitrogen and oxygen atoms in total. The molecule has 1 N–H and O–H groups in total. The van der Waals surface area contributed by atoms with Crippen LogP contribution in [0.2, 0.25) is 0 Å². The summed E-state index contributed by atoms with van der Waals surface area (Å²) < 4.78 is 24.7. The molecule has 2 aromatic carbocycles. The van der Waals surface area contributed by atoms with Crippen LogP contribution in [0.1, 0.15) is 24.0 Å². The number of anilines is 1. The molecule has 4 heteroatoms. The normalized spacial score (nSPS) is 12.9. The van der Waals surface area contributed by atoms with Gasteiger partial charge in [0.25, 0.3) is 0 Å². The quantitative estimate of drug-likeness (QED) is 0.931. The molecule has 0 saturated carbocycles. The molecule has 2 rings (SSSR count). The van der Waals surface area contributed by atoms with Gasteiger partial charge in [-0.25, -0.2) is 8.42 Å². The maximum atomic E-state index is 11.1. The van der Waals surface area contributed by atoms with Gasteiger partial charge in [-0.3, -0.25) is 4.72 Å². The summed E-state index contributed by atoms with van der Waals surface area (Å²) >= 11 is 0. The van der Waals surface area contributed by atoms with Crippen molar-refractivity contribution < 1.29 is 8.42 Å². The van der Waals surface area contributed by atoms with Gasteiger partial charge >= 0.3 is 0 Å². The van der Waals surface area contributed by atoms with Gasteiger partial charge in [0.05, 0.1) is 6.26 Å². The second-order valence-electron chi connectivity index (χ2n) is 4.63. The standard InChI is InChI=1S/C15H17NO2S/c1-12(13-6-4-3-5-7-13)14-8-10-15(11-9-14)16-19(2,17)18/h3-12,16H,1-2H3. The van der Waals surface area contributed by atoms with Gasteiger partial charge < -0.3 is 0 Å². The zero-order chi connectivity index (χ0) is 13.9. The molecule has 0 saturated heterocycles. The maximum absolute atomic E-state index is 11.1. The molecule has 2 aromatic rings. The van der Waals surface area contributed by atoms with Crippen molar-refractivity contribution in [1.82, 2.24) is 0 Å². The monoisotopic (exact) mass is 275 g/mol. The highest BCUT2D eigenvalue weighted by atomic mass is 32.2. The smallest absolute Gasteiger partial charge is 0.229 e. The van der Waals surface area contributed by atoms with Crippen LogP contribution in [0.25, 0.3) is 0 Å². The molecule has 0 spiro atoms. The van der Waals surface area contributed by atoms with E-state index in [1.807, 2.05) is 30.3 Å². The Hall–Kier alpha value is -1.81. The van der Waals surface area contributed by atoms with Crippen molar-refractivity contribution in [2.24, 2.45) is 0 Å². The molecule has 19 heavy (non-hydrogen) atoms. The Labute approximate surface area is 114 Å². The SMILES string of the molecule is CC(c1ccccc1)c1ccc(NS(C)(=O)=O)cc1. The summed E-state index contributed by atoms with van der Waals surface area (Å²) in [6.45, 7) is 2.13. The lowest BCUT2D eigenvalue weighted by atomic mass is 9.93. The van der Waals surface area contributed by atoms with Crippen molar-refractivity contribution in [3.63, 3.8) is 0 Å². The zero-order valence-corrected chi connectivity index (χ0v) is 11.8. The Morgan fingerprint density at radius 3 is 1.95 bits per heavy atom. The molecule has 0 amide bonds. The average Bonchev–Trinajstić information content (AvgIpc) is 2.38. The van der Waals surface area contributed by atoms with E-state index in [4.69, 9.17) is 0 Å². The van der Waals surface area contributed by atoms with E-state index in [2.05, 4.69) is 23.8 Å². The molecule has 0 aromatic heterocycles. The highest BCUT2D eigenvalue weighted by Gasteiger charge is 2.08. The third-order valence-corrected chi connectivity index (χ3v) is 3.62. The number of benzene rings is 2. The van der Waals surface area contributed by atoms with Crippen LogP contribution in [0, 0.1) is 0 Å². The predicted octanol–water partition coefficient (Wildman–Crippen LogP) is 3.21. The molecule has 100 valence electrons. The first kappa shape index (κ1) is 13.6. The summed E-state index contributed by atoms with van der Waals surface area (Å²) in [5.41, 5.74) is 2.99. The minimum atomic E-state index is -3.21. The molecular weight excluding hydrogens is 258 g/mol. The minimum absolute atomic E-state index is 0.286. The lowest BCUT2D eigenvalue weighted by Crippen LogP contribution is -2.09. The number of hydrogen-bond acceptors (Lipinski definition) is 2. The summed E-state index contributed by atoms with van der Waals surface area (Å²) in [6.07, 6.45) is 1.15. The summed E-state index contributed by atoms with van der Waals surface area (Å²) in [5, 5.41) is 0. The van der Waals surface area contributed by atoms with E-state index in [0.29, 0.717) is 5.69 Å². The van der Waals surface area contributed by atoms with Crippen LogP contribution >= 0.6 is 0 Å². The summed E-state index contributed by atoms with van der Waals surface area (Å²) in [4.78, 5) is 0. The Kier molecular flexibility index (Phi) is 3.90. The van der Waals surface area contributed by atoms with Crippen molar-refractivity contribution >= 4 is 15.7 Å². The van der Waals surface area contributed by atoms with E-state index in [0.717, 1.165) is 11.8 Å². The third-order valence-electron chi connectivity index (χ3n) is 3.01. The van der Waals surface area contributed by atoms with Crippen LogP contribution < -0.4 is 4.72 Å². The molecule has 0 aliphatic carbocycles. The molecule has 0 heterocycles. The fraction of sp³-hybridized carbons (Fsp3) is 0.200. The Morgan fingerprint density at radius 1 is 0.895 bits per heavy atom. The van der Waals surface area contributed by atoms with Crippen LogP contribution in [-0.2, 0) is 10.0 Å². The summed E-state index contributed by atoms with van der Waals surface area (Å²) in [5.74, 6) is 0.286. The van der Waals surface area contributed by atoms with Crippen molar-refractivity contribution in [2.45, 2.75) is 12.8 Å². The first-order valence-corrected chi connectivity index (χ1v) is 7.97. The Balaban J connectivity index is 2.19. The van der Waals surface area contributed by atoms with Gasteiger partial charge in [-0.1, -0.05) is 49.4 Å². The minimum Gasteiger partial charge on any atom is -0.284 e. The van der Waals surface area contributed by atoms with Gasteiger partial charge in [-0.2, -0.15) is 0 Å². The fourth-order valence-corrected chi connectivity index (χ4v) is 2.55. The topological polar surface area (TPSA) is 46.2 Å². The number of rotatable bonds is 4. The van der Waals surface area contributed by atoms with E-state index in [-0.39, 0.29) is 5.92 Å². The highest BCUT2D eigenvalue weighted by Crippen LogP contribution is 2.25. The van der Waals surface area contributed by atoms with Crippen molar-refractivity contribution in [3.05, 3.63) is 65.7 Å². The molecular formula is C15H17NO2S. The lowest BCUT2D eigenvalue weighted by molar-refractivity contribution is 0.607. The van der Waals surface area contributed by atoms with E-state index in [1.54, 1.807) is 12.1 Å². The van der Waals surface area contributed by atoms with Gasteiger partial charge in [0.1, 0.15) is 0 Å². The highest BCUT2D eigenvalue weighted by molar-refractivity contribution is 7.92. The van der Waals surface area contributed by atoms with Crippen LogP contribution in [0.5, 0.6) is 0 Å². The summed E-state index contributed by atoms with van der Waals surface area (Å²) in [6, 6.07) is 17.7. The Morgan fingerprint density at radius 2 is 1.42 bits per heavy atom. The van der Waals surface area contributed by atoms with Crippen molar-refractivity contribution in [2.75, 3.05) is 11.0 Å². The van der Waals surface area contributed by atoms with Crippen molar-refractivity contribution in [3.8, 4) is 0 Å². The van der Waals surface area contributed by atoms with Crippen LogP contribution in [0.4, 0.5) is 5.69 Å². The van der Waals surface area contributed by atoms with E-state index < -0.39 is 10.0 Å². The van der Waals surface area contributed by atoms with Crippen LogP contribution in [-0.4, -0.2) is 14.7 Å². The van der Waals surface area contributed by atoms with Crippen LogP contribution in [0.15, 0.2) is 54.6 Å². The lowest BCUT2D eigenvalue weighted by Gasteiger charge is -2.13. The first-order valence-electron chi connectivity index (χ1n) is 6.08. The maximum Gasteiger partial charge on any atom is 0.229 e. The molecule has 0 fully saturated rings. The third kappa shape index (κ3) is 3.83. The van der Waals surface area contributed by atoms with E-state index in [1.165, 1.54) is 5.56 Å². The molecule has 0 bridgehead atoms. The second kappa shape index (κ2) is 5.45. The fourth-order valence-electron chi connectivity index (χ4n) is 1.99. The predicted molar refractivity (Wildman–Crippen MR) is 78.9 cm³/mol. The zero-order valence-electron chi connectivity index (χ0n) is 11.0. The number of nitrogens with one attached hydrogen (secondary N) is 1. The van der Waals surface area contributed by atoms with Gasteiger partial charge in [0, 0.05) is 11.6 Å². The molecule has 1 unspecified atom stereocenters. The van der Waals surface area contributed by atoms with Crippen molar-refractivity contribution in [1.29, 1.82) is 0 Å². The molecule has 0 radical (unpaired) electrons. The van der Waals surface area contributed by atoms with Gasteiger partial charge in [0.2, 0.25) is 10.0 Å². The van der Waals surface area contributed by atoms with Gasteiger partial charge in [-0.05, 0) is 23.3 Å². The molecule has 0 aliphatic rings. The molecule has 0 aliphatic heterocycles. The average molecular weight is 275 g/mol. The van der Waals surface area contributed by atoms with Crippen LogP contribution in [0.3, 0.4) is 0 Å². The van der Waals surface area contributed by atoms with E-state index >= 15 is 0 Å². The number of hydrogen-bond donors (Lipinski definition) is 1. The molecule has 1 atom stereocenters. The van der Waals surface area contributed by atoms with Gasteiger partial charge in [0.15, 0.2) is 0 Å². The first-order chi connectivity index (χ1) is 8.96. The number of sulfonamides is 1.